The maximum Gasteiger partial charge on any atom is 0.221 e. The zero-order chi connectivity index (χ0) is 21.1. The molecule has 1 amide bonds. The zero-order valence-electron chi connectivity index (χ0n) is 18.4. The van der Waals surface area contributed by atoms with E-state index in [9.17, 15) is 4.79 Å². The number of thiophene rings is 1. The molecule has 0 bridgehead atoms. The van der Waals surface area contributed by atoms with Gasteiger partial charge in [-0.05, 0) is 55.5 Å². The van der Waals surface area contributed by atoms with Gasteiger partial charge in [-0.1, -0.05) is 19.1 Å². The summed E-state index contributed by atoms with van der Waals surface area (Å²) in [6, 6.07) is 8.67. The fraction of sp³-hybridized carbons (Fsp3) is 0.542. The number of hydrogen-bond acceptors (Lipinski definition) is 5. The molecule has 1 unspecified atom stereocenters. The van der Waals surface area contributed by atoms with Gasteiger partial charge >= 0.3 is 0 Å². The Morgan fingerprint density at radius 1 is 1.13 bits per heavy atom. The highest BCUT2D eigenvalue weighted by atomic mass is 32.1. The lowest BCUT2D eigenvalue weighted by atomic mass is 9.88. The number of carbonyl (C=O) groups is 1. The van der Waals surface area contributed by atoms with E-state index in [1.165, 1.54) is 34.4 Å². The van der Waals surface area contributed by atoms with Crippen LogP contribution in [0.3, 0.4) is 0 Å². The summed E-state index contributed by atoms with van der Waals surface area (Å²) in [6.07, 6.45) is 4.72. The Morgan fingerprint density at radius 2 is 1.83 bits per heavy atom. The van der Waals surface area contributed by atoms with Crippen molar-refractivity contribution in [1.82, 2.24) is 9.80 Å². The van der Waals surface area contributed by atoms with E-state index in [1.807, 2.05) is 0 Å². The number of amides is 1. The molecule has 1 aromatic carbocycles. The second kappa shape index (κ2) is 9.50. The van der Waals surface area contributed by atoms with Crippen molar-refractivity contribution in [3.63, 3.8) is 0 Å². The summed E-state index contributed by atoms with van der Waals surface area (Å²) in [4.78, 5) is 18.6. The standard InChI is InChI=1S/C24H33N3O2S/c1-4-26-13-15-27(16-14-26)23(18-9-11-19(29-3)12-10-18)22-20-7-5-6-8-21(20)30-24(22)25-17(2)28/h9-12,23H,4-8,13-16H2,1-3H3,(H,25,28). The molecule has 2 aliphatic rings. The first kappa shape index (κ1) is 21.3. The van der Waals surface area contributed by atoms with Crippen LogP contribution >= 0.6 is 11.3 Å². The normalized spacial score (nSPS) is 18.6. The molecule has 2 heterocycles. The van der Waals surface area contributed by atoms with Crippen LogP contribution in [-0.4, -0.2) is 55.5 Å². The number of piperazine rings is 1. The van der Waals surface area contributed by atoms with Crippen LogP contribution in [0.25, 0.3) is 0 Å². The van der Waals surface area contributed by atoms with Crippen LogP contribution in [0.15, 0.2) is 24.3 Å². The Kier molecular flexibility index (Phi) is 6.76. The summed E-state index contributed by atoms with van der Waals surface area (Å²) in [5.41, 5.74) is 4.09. The number of methoxy groups -OCH3 is 1. The summed E-state index contributed by atoms with van der Waals surface area (Å²) in [5, 5.41) is 4.23. The second-order valence-corrected chi connectivity index (χ2v) is 9.39. The van der Waals surface area contributed by atoms with Gasteiger partial charge in [-0.15, -0.1) is 11.3 Å². The molecular weight excluding hydrogens is 394 g/mol. The SMILES string of the molecule is CCN1CCN(C(c2ccc(OC)cc2)c2c(NC(C)=O)sc3c2CCCC3)CC1. The van der Waals surface area contributed by atoms with Gasteiger partial charge in [-0.2, -0.15) is 0 Å². The molecule has 0 radical (unpaired) electrons. The van der Waals surface area contributed by atoms with Gasteiger partial charge < -0.3 is 15.0 Å². The quantitative estimate of drug-likeness (QED) is 0.746. The lowest BCUT2D eigenvalue weighted by Crippen LogP contribution is -2.47. The van der Waals surface area contributed by atoms with E-state index < -0.39 is 0 Å². The fourth-order valence-electron chi connectivity index (χ4n) is 4.82. The number of hydrogen-bond donors (Lipinski definition) is 1. The third-order valence-corrected chi connectivity index (χ3v) is 7.65. The Hall–Kier alpha value is -1.89. The molecule has 0 spiro atoms. The van der Waals surface area contributed by atoms with E-state index in [4.69, 9.17) is 4.74 Å². The van der Waals surface area contributed by atoms with E-state index in [2.05, 4.69) is 46.3 Å². The van der Waals surface area contributed by atoms with Gasteiger partial charge in [0, 0.05) is 43.5 Å². The minimum atomic E-state index is 0.0131. The number of ether oxygens (including phenoxy) is 1. The van der Waals surface area contributed by atoms with Crippen molar-refractivity contribution in [1.29, 1.82) is 0 Å². The summed E-state index contributed by atoms with van der Waals surface area (Å²) in [5.74, 6) is 0.891. The lowest BCUT2D eigenvalue weighted by Gasteiger charge is -2.40. The molecule has 6 heteroatoms. The molecule has 1 N–H and O–H groups in total. The van der Waals surface area contributed by atoms with E-state index in [0.717, 1.165) is 56.3 Å². The Balaban J connectivity index is 1.79. The van der Waals surface area contributed by atoms with Gasteiger partial charge in [0.05, 0.1) is 13.2 Å². The van der Waals surface area contributed by atoms with Crippen LogP contribution in [-0.2, 0) is 17.6 Å². The van der Waals surface area contributed by atoms with Gasteiger partial charge in [0.2, 0.25) is 5.91 Å². The predicted molar refractivity (Wildman–Crippen MR) is 124 cm³/mol. The molecule has 162 valence electrons. The van der Waals surface area contributed by atoms with Crippen LogP contribution in [0.4, 0.5) is 5.00 Å². The number of nitrogens with zero attached hydrogens (tertiary/aromatic N) is 2. The van der Waals surface area contributed by atoms with Gasteiger partial charge in [0.15, 0.2) is 0 Å². The molecule has 5 nitrogen and oxygen atoms in total. The van der Waals surface area contributed by atoms with E-state index >= 15 is 0 Å². The smallest absolute Gasteiger partial charge is 0.221 e. The number of fused-ring (bicyclic) bond motifs is 1. The van der Waals surface area contributed by atoms with Gasteiger partial charge in [0.25, 0.3) is 0 Å². The summed E-state index contributed by atoms with van der Waals surface area (Å²) in [6.45, 7) is 9.21. The summed E-state index contributed by atoms with van der Waals surface area (Å²) < 4.78 is 5.41. The van der Waals surface area contributed by atoms with Crippen LogP contribution in [0.5, 0.6) is 5.75 Å². The third-order valence-electron chi connectivity index (χ3n) is 6.43. The largest absolute Gasteiger partial charge is 0.497 e. The Morgan fingerprint density at radius 3 is 2.47 bits per heavy atom. The van der Waals surface area contributed by atoms with E-state index in [-0.39, 0.29) is 11.9 Å². The van der Waals surface area contributed by atoms with Gasteiger partial charge in [-0.3, -0.25) is 9.69 Å². The molecule has 1 atom stereocenters. The lowest BCUT2D eigenvalue weighted by molar-refractivity contribution is -0.114. The minimum Gasteiger partial charge on any atom is -0.497 e. The van der Waals surface area contributed by atoms with Crippen molar-refractivity contribution in [2.24, 2.45) is 0 Å². The fourth-order valence-corrected chi connectivity index (χ4v) is 6.18. The molecule has 4 rings (SSSR count). The van der Waals surface area contributed by atoms with E-state index in [0.29, 0.717) is 0 Å². The Labute approximate surface area is 184 Å². The van der Waals surface area contributed by atoms with Crippen molar-refractivity contribution in [3.8, 4) is 5.75 Å². The summed E-state index contributed by atoms with van der Waals surface area (Å²) in [7, 11) is 1.71. The maximum absolute atomic E-state index is 12.0. The summed E-state index contributed by atoms with van der Waals surface area (Å²) >= 11 is 1.80. The number of benzene rings is 1. The first-order valence-electron chi connectivity index (χ1n) is 11.1. The van der Waals surface area contributed by atoms with Crippen molar-refractivity contribution in [2.75, 3.05) is 45.2 Å². The number of nitrogens with one attached hydrogen (secondary N) is 1. The molecule has 1 aliphatic carbocycles. The molecule has 1 aliphatic heterocycles. The monoisotopic (exact) mass is 427 g/mol. The highest BCUT2D eigenvalue weighted by molar-refractivity contribution is 7.16. The van der Waals surface area contributed by atoms with E-state index in [1.54, 1.807) is 25.4 Å². The average molecular weight is 428 g/mol. The third kappa shape index (κ3) is 4.41. The number of carbonyl (C=O) groups excluding carboxylic acids is 1. The van der Waals surface area contributed by atoms with Crippen LogP contribution in [0.2, 0.25) is 0 Å². The Bertz CT molecular complexity index is 869. The number of anilines is 1. The average Bonchev–Trinajstić information content (AvgIpc) is 3.12. The van der Waals surface area contributed by atoms with Crippen LogP contribution < -0.4 is 10.1 Å². The van der Waals surface area contributed by atoms with Crippen molar-refractivity contribution < 1.29 is 9.53 Å². The molecule has 2 aromatic rings. The number of rotatable bonds is 6. The van der Waals surface area contributed by atoms with Crippen molar-refractivity contribution >= 4 is 22.2 Å². The second-order valence-electron chi connectivity index (χ2n) is 8.28. The van der Waals surface area contributed by atoms with Crippen molar-refractivity contribution in [2.45, 2.75) is 45.6 Å². The molecule has 30 heavy (non-hydrogen) atoms. The first-order valence-corrected chi connectivity index (χ1v) is 11.9. The predicted octanol–water partition coefficient (Wildman–Crippen LogP) is 4.32. The first-order chi connectivity index (χ1) is 14.6. The van der Waals surface area contributed by atoms with Crippen LogP contribution in [0.1, 0.15) is 54.3 Å². The molecule has 0 saturated carbocycles. The molecular formula is C24H33N3O2S. The van der Waals surface area contributed by atoms with Gasteiger partial charge in [0.1, 0.15) is 10.8 Å². The number of aryl methyl sites for hydroxylation is 1. The molecule has 1 fully saturated rings. The topological polar surface area (TPSA) is 44.8 Å². The highest BCUT2D eigenvalue weighted by Gasteiger charge is 2.33. The molecule has 1 saturated heterocycles. The maximum atomic E-state index is 12.0. The zero-order valence-corrected chi connectivity index (χ0v) is 19.2. The van der Waals surface area contributed by atoms with Crippen molar-refractivity contribution in [3.05, 3.63) is 45.8 Å². The highest BCUT2D eigenvalue weighted by Crippen LogP contribution is 2.45. The van der Waals surface area contributed by atoms with Crippen LogP contribution in [0, 0.1) is 0 Å². The molecule has 1 aromatic heterocycles. The number of likely N-dealkylation sites (N-methyl/N-ethyl adjacent to an activating group) is 1. The van der Waals surface area contributed by atoms with Gasteiger partial charge in [-0.25, -0.2) is 0 Å². The minimum absolute atomic E-state index is 0.0131.